The molecule has 2 heteroatoms. The maximum atomic E-state index is 5.92. The van der Waals surface area contributed by atoms with Crippen LogP contribution in [-0.2, 0) is 0 Å². The lowest BCUT2D eigenvalue weighted by Crippen LogP contribution is -2.01. The highest BCUT2D eigenvalue weighted by molar-refractivity contribution is 6.30. The SMILES string of the molecule is CCNc1cc(Cl)ccc1C(C)C. The molecule has 13 heavy (non-hydrogen) atoms. The maximum Gasteiger partial charge on any atom is 0.0426 e. The molecule has 0 aliphatic carbocycles. The van der Waals surface area contributed by atoms with Crippen LogP contribution in [0.3, 0.4) is 0 Å². The van der Waals surface area contributed by atoms with E-state index in [4.69, 9.17) is 11.6 Å². The van der Waals surface area contributed by atoms with Crippen LogP contribution in [0.1, 0.15) is 32.3 Å². The maximum absolute atomic E-state index is 5.92. The van der Waals surface area contributed by atoms with Crippen LogP contribution in [0.2, 0.25) is 5.02 Å². The van der Waals surface area contributed by atoms with Crippen molar-refractivity contribution in [2.45, 2.75) is 26.7 Å². The van der Waals surface area contributed by atoms with Gasteiger partial charge in [0, 0.05) is 17.3 Å². The van der Waals surface area contributed by atoms with Gasteiger partial charge in [-0.25, -0.2) is 0 Å². The molecule has 1 nitrogen and oxygen atoms in total. The topological polar surface area (TPSA) is 12.0 Å². The second kappa shape index (κ2) is 4.52. The van der Waals surface area contributed by atoms with Gasteiger partial charge < -0.3 is 5.32 Å². The van der Waals surface area contributed by atoms with Crippen molar-refractivity contribution in [3.05, 3.63) is 28.8 Å². The van der Waals surface area contributed by atoms with Gasteiger partial charge in [-0.2, -0.15) is 0 Å². The van der Waals surface area contributed by atoms with Crippen molar-refractivity contribution in [2.75, 3.05) is 11.9 Å². The molecule has 72 valence electrons. The Labute approximate surface area is 85.1 Å². The highest BCUT2D eigenvalue weighted by Gasteiger charge is 2.05. The van der Waals surface area contributed by atoms with Crippen LogP contribution in [-0.4, -0.2) is 6.54 Å². The summed E-state index contributed by atoms with van der Waals surface area (Å²) in [7, 11) is 0. The molecule has 1 aromatic carbocycles. The molecule has 0 fully saturated rings. The van der Waals surface area contributed by atoms with Crippen LogP contribution in [0.25, 0.3) is 0 Å². The molecular weight excluding hydrogens is 182 g/mol. The summed E-state index contributed by atoms with van der Waals surface area (Å²) in [6, 6.07) is 6.02. The fraction of sp³-hybridized carbons (Fsp3) is 0.455. The Morgan fingerprint density at radius 2 is 2.08 bits per heavy atom. The summed E-state index contributed by atoms with van der Waals surface area (Å²) < 4.78 is 0. The molecule has 0 saturated carbocycles. The number of rotatable bonds is 3. The Morgan fingerprint density at radius 3 is 2.62 bits per heavy atom. The Hall–Kier alpha value is -0.690. The summed E-state index contributed by atoms with van der Waals surface area (Å²) in [5.74, 6) is 0.534. The predicted octanol–water partition coefficient (Wildman–Crippen LogP) is 3.90. The predicted molar refractivity (Wildman–Crippen MR) is 59.7 cm³/mol. The van der Waals surface area contributed by atoms with Gasteiger partial charge in [0.15, 0.2) is 0 Å². The standard InChI is InChI=1S/C11H16ClN/c1-4-13-11-7-9(12)5-6-10(11)8(2)3/h5-8,13H,4H2,1-3H3. The van der Waals surface area contributed by atoms with E-state index in [1.54, 1.807) is 0 Å². The Morgan fingerprint density at radius 1 is 1.38 bits per heavy atom. The summed E-state index contributed by atoms with van der Waals surface area (Å²) in [4.78, 5) is 0. The van der Waals surface area contributed by atoms with E-state index in [1.165, 1.54) is 5.56 Å². The minimum Gasteiger partial charge on any atom is -0.385 e. The number of benzene rings is 1. The minimum absolute atomic E-state index is 0.534. The zero-order valence-electron chi connectivity index (χ0n) is 8.39. The summed E-state index contributed by atoms with van der Waals surface area (Å²) in [6.07, 6.45) is 0. The molecule has 0 amide bonds. The molecule has 0 heterocycles. The van der Waals surface area contributed by atoms with Gasteiger partial charge in [-0.1, -0.05) is 31.5 Å². The Balaban J connectivity index is 3.03. The van der Waals surface area contributed by atoms with E-state index < -0.39 is 0 Å². The third-order valence-electron chi connectivity index (χ3n) is 2.00. The first-order valence-electron chi connectivity index (χ1n) is 4.68. The second-order valence-electron chi connectivity index (χ2n) is 3.42. The molecular formula is C11H16ClN. The van der Waals surface area contributed by atoms with E-state index in [2.05, 4.69) is 32.2 Å². The van der Waals surface area contributed by atoms with E-state index in [-0.39, 0.29) is 0 Å². The number of nitrogens with one attached hydrogen (secondary N) is 1. The summed E-state index contributed by atoms with van der Waals surface area (Å²) in [5, 5.41) is 4.11. The van der Waals surface area contributed by atoms with Crippen molar-refractivity contribution >= 4 is 17.3 Å². The first-order valence-corrected chi connectivity index (χ1v) is 5.06. The van der Waals surface area contributed by atoms with Crippen molar-refractivity contribution in [3.63, 3.8) is 0 Å². The van der Waals surface area contributed by atoms with E-state index in [0.717, 1.165) is 17.3 Å². The summed E-state index contributed by atoms with van der Waals surface area (Å²) >= 11 is 5.92. The molecule has 0 aliphatic rings. The van der Waals surface area contributed by atoms with Crippen LogP contribution in [0, 0.1) is 0 Å². The highest BCUT2D eigenvalue weighted by atomic mass is 35.5. The zero-order valence-corrected chi connectivity index (χ0v) is 9.15. The van der Waals surface area contributed by atoms with Gasteiger partial charge in [-0.3, -0.25) is 0 Å². The average Bonchev–Trinajstić information content (AvgIpc) is 2.04. The normalized spacial score (nSPS) is 10.5. The van der Waals surface area contributed by atoms with E-state index >= 15 is 0 Å². The quantitative estimate of drug-likeness (QED) is 0.775. The number of halogens is 1. The molecule has 0 unspecified atom stereocenters. The fourth-order valence-electron chi connectivity index (χ4n) is 1.38. The largest absolute Gasteiger partial charge is 0.385 e. The van der Waals surface area contributed by atoms with Crippen LogP contribution >= 0.6 is 11.6 Å². The van der Waals surface area contributed by atoms with Crippen LogP contribution < -0.4 is 5.32 Å². The fourth-order valence-corrected chi connectivity index (χ4v) is 1.55. The Bertz CT molecular complexity index is 281. The molecule has 0 aromatic heterocycles. The molecule has 0 radical (unpaired) electrons. The monoisotopic (exact) mass is 197 g/mol. The van der Waals surface area contributed by atoms with Crippen molar-refractivity contribution in [1.29, 1.82) is 0 Å². The molecule has 0 aliphatic heterocycles. The number of hydrogen-bond donors (Lipinski definition) is 1. The first kappa shape index (κ1) is 10.4. The molecule has 0 bridgehead atoms. The smallest absolute Gasteiger partial charge is 0.0426 e. The van der Waals surface area contributed by atoms with Gasteiger partial charge >= 0.3 is 0 Å². The molecule has 0 saturated heterocycles. The van der Waals surface area contributed by atoms with E-state index in [0.29, 0.717) is 5.92 Å². The molecule has 1 aromatic rings. The third-order valence-corrected chi connectivity index (χ3v) is 2.24. The van der Waals surface area contributed by atoms with Gasteiger partial charge in [0.1, 0.15) is 0 Å². The number of anilines is 1. The lowest BCUT2D eigenvalue weighted by molar-refractivity contribution is 0.866. The second-order valence-corrected chi connectivity index (χ2v) is 3.85. The lowest BCUT2D eigenvalue weighted by atomic mass is 10.0. The Kier molecular flexibility index (Phi) is 3.61. The molecule has 1 N–H and O–H groups in total. The van der Waals surface area contributed by atoms with Crippen LogP contribution in [0.4, 0.5) is 5.69 Å². The summed E-state index contributed by atoms with van der Waals surface area (Å²) in [5.41, 5.74) is 2.48. The molecule has 1 rings (SSSR count). The average molecular weight is 198 g/mol. The number of hydrogen-bond acceptors (Lipinski definition) is 1. The molecule has 0 atom stereocenters. The van der Waals surface area contributed by atoms with E-state index in [9.17, 15) is 0 Å². The van der Waals surface area contributed by atoms with Crippen molar-refractivity contribution in [3.8, 4) is 0 Å². The third kappa shape index (κ3) is 2.63. The van der Waals surface area contributed by atoms with Gasteiger partial charge in [0.2, 0.25) is 0 Å². The highest BCUT2D eigenvalue weighted by Crippen LogP contribution is 2.26. The van der Waals surface area contributed by atoms with Crippen LogP contribution in [0.5, 0.6) is 0 Å². The van der Waals surface area contributed by atoms with Gasteiger partial charge in [-0.05, 0) is 30.5 Å². The van der Waals surface area contributed by atoms with Gasteiger partial charge in [0.25, 0.3) is 0 Å². The van der Waals surface area contributed by atoms with Crippen molar-refractivity contribution in [2.24, 2.45) is 0 Å². The minimum atomic E-state index is 0.534. The summed E-state index contributed by atoms with van der Waals surface area (Å²) in [6.45, 7) is 7.39. The lowest BCUT2D eigenvalue weighted by Gasteiger charge is -2.13. The zero-order chi connectivity index (χ0) is 9.84. The van der Waals surface area contributed by atoms with Crippen molar-refractivity contribution in [1.82, 2.24) is 0 Å². The van der Waals surface area contributed by atoms with Crippen LogP contribution in [0.15, 0.2) is 18.2 Å². The van der Waals surface area contributed by atoms with Gasteiger partial charge in [0.05, 0.1) is 0 Å². The first-order chi connectivity index (χ1) is 6.15. The molecule has 0 spiro atoms. The van der Waals surface area contributed by atoms with E-state index in [1.807, 2.05) is 12.1 Å². The van der Waals surface area contributed by atoms with Gasteiger partial charge in [-0.15, -0.1) is 0 Å². The van der Waals surface area contributed by atoms with Crippen molar-refractivity contribution < 1.29 is 0 Å².